The number of benzene rings is 1. The molecule has 0 aromatic heterocycles. The fourth-order valence-corrected chi connectivity index (χ4v) is 2.46. The number of rotatable bonds is 4. The highest BCUT2D eigenvalue weighted by atomic mass is 32.2. The first kappa shape index (κ1) is 13.2. The molecule has 0 unspecified atom stereocenters. The summed E-state index contributed by atoms with van der Waals surface area (Å²) >= 11 is 0. The average molecular weight is 279 g/mol. The van der Waals surface area contributed by atoms with Crippen LogP contribution in [-0.4, -0.2) is 21.7 Å². The van der Waals surface area contributed by atoms with E-state index in [4.69, 9.17) is 4.74 Å². The number of hydrazone groups is 1. The molecule has 100 valence electrons. The maximum atomic E-state index is 12.1. The molecular formula is C12H13N3O3S. The fourth-order valence-electron chi connectivity index (χ4n) is 1.42. The smallest absolute Gasteiger partial charge is 0.261 e. The van der Waals surface area contributed by atoms with Crippen LogP contribution in [0.4, 0.5) is 0 Å². The van der Waals surface area contributed by atoms with Crippen molar-refractivity contribution in [1.82, 2.24) is 10.1 Å². The molecule has 2 N–H and O–H groups in total. The van der Waals surface area contributed by atoms with Crippen molar-refractivity contribution in [2.45, 2.75) is 4.90 Å². The molecule has 7 heteroatoms. The molecule has 0 fully saturated rings. The van der Waals surface area contributed by atoms with Crippen LogP contribution in [0.5, 0.6) is 5.75 Å². The quantitative estimate of drug-likeness (QED) is 0.860. The molecular weight excluding hydrogens is 266 g/mol. The van der Waals surface area contributed by atoms with E-state index in [1.165, 1.54) is 25.5 Å². The lowest BCUT2D eigenvalue weighted by atomic mass is 10.3. The zero-order valence-electron chi connectivity index (χ0n) is 10.2. The predicted molar refractivity (Wildman–Crippen MR) is 72.2 cm³/mol. The first-order chi connectivity index (χ1) is 9.12. The molecule has 1 aliphatic heterocycles. The van der Waals surface area contributed by atoms with E-state index >= 15 is 0 Å². The minimum Gasteiger partial charge on any atom is -0.497 e. The third-order valence-electron chi connectivity index (χ3n) is 2.35. The Morgan fingerprint density at radius 2 is 2.00 bits per heavy atom. The van der Waals surface area contributed by atoms with Crippen molar-refractivity contribution >= 4 is 16.2 Å². The second-order valence-electron chi connectivity index (χ2n) is 3.65. The number of sulfonamides is 1. The third kappa shape index (κ3) is 3.35. The summed E-state index contributed by atoms with van der Waals surface area (Å²) in [5, 5.41) is 3.78. The van der Waals surface area contributed by atoms with Crippen LogP contribution < -0.4 is 14.9 Å². The standard InChI is InChI=1S/C12H13N3O3S/c1-18-11-4-6-12(7-5-11)19(16,17)15-10-3-2-8-13-14-9-10/h2-9,13,15H,1H3. The maximum Gasteiger partial charge on any atom is 0.261 e. The molecule has 0 bridgehead atoms. The van der Waals surface area contributed by atoms with E-state index in [2.05, 4.69) is 15.2 Å². The van der Waals surface area contributed by atoms with Crippen LogP contribution >= 0.6 is 0 Å². The molecule has 1 heterocycles. The molecule has 1 aromatic rings. The molecule has 0 aliphatic carbocycles. The molecule has 0 atom stereocenters. The largest absolute Gasteiger partial charge is 0.497 e. The van der Waals surface area contributed by atoms with Gasteiger partial charge in [-0.2, -0.15) is 5.10 Å². The number of nitrogens with zero attached hydrogens (tertiary/aromatic N) is 1. The predicted octanol–water partition coefficient (Wildman–Crippen LogP) is 0.960. The van der Waals surface area contributed by atoms with E-state index in [9.17, 15) is 8.42 Å². The Kier molecular flexibility index (Phi) is 3.86. The number of hydrogen-bond donors (Lipinski definition) is 2. The summed E-state index contributed by atoms with van der Waals surface area (Å²) in [6.45, 7) is 0. The van der Waals surface area contributed by atoms with Crippen LogP contribution in [0, 0.1) is 0 Å². The lowest BCUT2D eigenvalue weighted by Crippen LogP contribution is -2.23. The van der Waals surface area contributed by atoms with Crippen molar-refractivity contribution in [3.63, 3.8) is 0 Å². The number of hydrogen-bond acceptors (Lipinski definition) is 5. The molecule has 0 spiro atoms. The Morgan fingerprint density at radius 1 is 1.26 bits per heavy atom. The van der Waals surface area contributed by atoms with Gasteiger partial charge in [-0.15, -0.1) is 0 Å². The summed E-state index contributed by atoms with van der Waals surface area (Å²) in [4.78, 5) is 0.156. The zero-order chi connectivity index (χ0) is 13.7. The fraction of sp³-hybridized carbons (Fsp3) is 0.0833. The summed E-state index contributed by atoms with van der Waals surface area (Å²) < 4.78 is 31.7. The van der Waals surface area contributed by atoms with E-state index in [0.29, 0.717) is 11.4 Å². The normalized spacial score (nSPS) is 14.3. The van der Waals surface area contributed by atoms with Gasteiger partial charge in [-0.1, -0.05) is 0 Å². The van der Waals surface area contributed by atoms with Crippen LogP contribution in [0.15, 0.2) is 58.3 Å². The molecule has 1 aromatic carbocycles. The summed E-state index contributed by atoms with van der Waals surface area (Å²) in [7, 11) is -2.11. The first-order valence-electron chi connectivity index (χ1n) is 5.44. The van der Waals surface area contributed by atoms with Crippen molar-refractivity contribution in [3.05, 3.63) is 48.3 Å². The van der Waals surface area contributed by atoms with Gasteiger partial charge < -0.3 is 4.74 Å². The highest BCUT2D eigenvalue weighted by Crippen LogP contribution is 2.15. The highest BCUT2D eigenvalue weighted by Gasteiger charge is 2.14. The van der Waals surface area contributed by atoms with Gasteiger partial charge in [0.05, 0.1) is 23.9 Å². The van der Waals surface area contributed by atoms with E-state index in [0.717, 1.165) is 0 Å². The van der Waals surface area contributed by atoms with E-state index in [-0.39, 0.29) is 4.90 Å². The van der Waals surface area contributed by atoms with E-state index < -0.39 is 10.0 Å². The second kappa shape index (κ2) is 5.57. The molecule has 0 saturated carbocycles. The number of methoxy groups -OCH3 is 1. The van der Waals surface area contributed by atoms with Gasteiger partial charge in [-0.25, -0.2) is 8.42 Å². The van der Waals surface area contributed by atoms with Gasteiger partial charge in [0, 0.05) is 6.20 Å². The minimum atomic E-state index is -3.63. The van der Waals surface area contributed by atoms with Gasteiger partial charge in [-0.05, 0) is 36.4 Å². The summed E-state index contributed by atoms with van der Waals surface area (Å²) in [6, 6.07) is 6.13. The molecule has 19 heavy (non-hydrogen) atoms. The number of ether oxygens (including phenoxy) is 1. The van der Waals surface area contributed by atoms with Crippen LogP contribution in [0.25, 0.3) is 0 Å². The van der Waals surface area contributed by atoms with Gasteiger partial charge >= 0.3 is 0 Å². The Bertz CT molecular complexity index is 631. The van der Waals surface area contributed by atoms with Gasteiger partial charge in [0.15, 0.2) is 0 Å². The van der Waals surface area contributed by atoms with Crippen LogP contribution in [0.3, 0.4) is 0 Å². The topological polar surface area (TPSA) is 79.8 Å². The number of allylic oxidation sites excluding steroid dienone is 3. The summed E-state index contributed by atoms with van der Waals surface area (Å²) in [5.74, 6) is 0.598. The van der Waals surface area contributed by atoms with Crippen molar-refractivity contribution < 1.29 is 13.2 Å². The average Bonchev–Trinajstić information content (AvgIpc) is 2.67. The van der Waals surface area contributed by atoms with E-state index in [1.54, 1.807) is 30.5 Å². The van der Waals surface area contributed by atoms with Crippen molar-refractivity contribution in [2.75, 3.05) is 7.11 Å². The van der Waals surface area contributed by atoms with Crippen LogP contribution in [0.2, 0.25) is 0 Å². The number of nitrogens with one attached hydrogen (secondary N) is 2. The second-order valence-corrected chi connectivity index (χ2v) is 5.33. The maximum absolute atomic E-state index is 12.1. The van der Waals surface area contributed by atoms with Gasteiger partial charge in [0.1, 0.15) is 5.75 Å². The van der Waals surface area contributed by atoms with Gasteiger partial charge in [0.2, 0.25) is 0 Å². The summed E-state index contributed by atoms with van der Waals surface area (Å²) in [6.07, 6.45) is 6.23. The van der Waals surface area contributed by atoms with Crippen molar-refractivity contribution in [1.29, 1.82) is 0 Å². The van der Waals surface area contributed by atoms with Gasteiger partial charge in [0.25, 0.3) is 10.0 Å². The van der Waals surface area contributed by atoms with Crippen molar-refractivity contribution in [2.24, 2.45) is 5.10 Å². The van der Waals surface area contributed by atoms with E-state index in [1.807, 2.05) is 0 Å². The Morgan fingerprint density at radius 3 is 2.68 bits per heavy atom. The Labute approximate surface area is 111 Å². The monoisotopic (exact) mass is 279 g/mol. The van der Waals surface area contributed by atoms with Crippen LogP contribution in [-0.2, 0) is 10.0 Å². The molecule has 6 nitrogen and oxygen atoms in total. The molecule has 0 radical (unpaired) electrons. The molecule has 2 rings (SSSR count). The molecule has 1 aliphatic rings. The Balaban J connectivity index is 2.22. The minimum absolute atomic E-state index is 0.156. The van der Waals surface area contributed by atoms with Crippen molar-refractivity contribution in [3.8, 4) is 5.75 Å². The lowest BCUT2D eigenvalue weighted by Gasteiger charge is -2.08. The first-order valence-corrected chi connectivity index (χ1v) is 6.92. The molecule has 0 amide bonds. The Hall–Kier alpha value is -2.28. The summed E-state index contributed by atoms with van der Waals surface area (Å²) in [5.41, 5.74) is 2.98. The zero-order valence-corrected chi connectivity index (χ0v) is 11.0. The van der Waals surface area contributed by atoms with Crippen LogP contribution in [0.1, 0.15) is 0 Å². The highest BCUT2D eigenvalue weighted by molar-refractivity contribution is 7.89. The lowest BCUT2D eigenvalue weighted by molar-refractivity contribution is 0.414. The third-order valence-corrected chi connectivity index (χ3v) is 3.74. The molecule has 0 saturated heterocycles. The SMILES string of the molecule is COc1ccc(S(=O)(=O)NC2=CC=CNN=C2)cc1. The van der Waals surface area contributed by atoms with Gasteiger partial charge in [-0.3, -0.25) is 10.1 Å².